The normalized spacial score (nSPS) is 14.5. The summed E-state index contributed by atoms with van der Waals surface area (Å²) < 4.78 is 35.2. The van der Waals surface area contributed by atoms with Gasteiger partial charge in [-0.25, -0.2) is 8.42 Å². The number of carbonyl (C=O) groups is 1. The minimum atomic E-state index is -4.06. The Balaban J connectivity index is 1.73. The summed E-state index contributed by atoms with van der Waals surface area (Å²) in [5.74, 6) is 0.293. The maximum atomic E-state index is 14.1. The number of hydrogen-bond donors (Lipinski definition) is 0. The average Bonchev–Trinajstić information content (AvgIpc) is 2.89. The predicted molar refractivity (Wildman–Crippen MR) is 142 cm³/mol. The minimum absolute atomic E-state index is 0.0442. The van der Waals surface area contributed by atoms with Crippen LogP contribution in [0.3, 0.4) is 0 Å². The molecule has 0 spiro atoms. The second kappa shape index (κ2) is 11.3. The number of halogens is 1. The third-order valence-corrected chi connectivity index (χ3v) is 8.14. The van der Waals surface area contributed by atoms with E-state index in [9.17, 15) is 13.2 Å². The summed E-state index contributed by atoms with van der Waals surface area (Å²) in [6, 6.07) is 20.4. The quantitative estimate of drug-likeness (QED) is 0.431. The van der Waals surface area contributed by atoms with E-state index in [2.05, 4.69) is 4.90 Å². The molecule has 0 aromatic heterocycles. The summed E-state index contributed by atoms with van der Waals surface area (Å²) in [7, 11) is -2.04. The first kappa shape index (κ1) is 26.0. The number of piperazine rings is 1. The lowest BCUT2D eigenvalue weighted by Crippen LogP contribution is -2.47. The van der Waals surface area contributed by atoms with Crippen molar-refractivity contribution in [2.24, 2.45) is 0 Å². The Morgan fingerprint density at radius 3 is 2.36 bits per heavy atom. The van der Waals surface area contributed by atoms with Crippen LogP contribution >= 0.6 is 11.6 Å². The second-order valence-corrected chi connectivity index (χ2v) is 11.0. The molecule has 190 valence electrons. The molecule has 0 N–H and O–H groups in total. The van der Waals surface area contributed by atoms with Crippen molar-refractivity contribution in [3.05, 3.63) is 88.9 Å². The van der Waals surface area contributed by atoms with Gasteiger partial charge in [-0.15, -0.1) is 0 Å². The van der Waals surface area contributed by atoms with E-state index in [1.54, 1.807) is 65.6 Å². The number of anilines is 1. The van der Waals surface area contributed by atoms with Crippen molar-refractivity contribution >= 4 is 33.2 Å². The van der Waals surface area contributed by atoms with Crippen LogP contribution in [0.25, 0.3) is 0 Å². The Bertz CT molecular complexity index is 1310. The number of ether oxygens (including phenoxy) is 1. The van der Waals surface area contributed by atoms with Crippen LogP contribution in [0, 0.1) is 0 Å². The number of benzene rings is 3. The molecule has 4 rings (SSSR count). The van der Waals surface area contributed by atoms with Gasteiger partial charge in [0.05, 0.1) is 23.7 Å². The van der Waals surface area contributed by atoms with Crippen molar-refractivity contribution in [2.45, 2.75) is 18.4 Å². The van der Waals surface area contributed by atoms with Crippen molar-refractivity contribution in [3.8, 4) is 5.75 Å². The van der Waals surface area contributed by atoms with Gasteiger partial charge < -0.3 is 14.5 Å². The summed E-state index contributed by atoms with van der Waals surface area (Å²) in [5.41, 5.74) is 1.54. The van der Waals surface area contributed by atoms with E-state index in [1.165, 1.54) is 16.4 Å². The number of sulfonamides is 1. The van der Waals surface area contributed by atoms with Gasteiger partial charge in [-0.05, 0) is 62.0 Å². The Hall–Kier alpha value is -3.07. The van der Waals surface area contributed by atoms with Crippen LogP contribution in [-0.4, -0.2) is 64.0 Å². The standard InChI is InChI=1S/C27H30ClN3O4S/c1-3-35-26-10-5-4-9-25(26)31(20-21-11-13-23(28)14-12-21)36(33,34)24-8-6-7-22(19-24)27(32)30-17-15-29(2)16-18-30/h4-14,19H,3,15-18,20H2,1-2H3. The molecule has 0 radical (unpaired) electrons. The molecule has 0 atom stereocenters. The number of amides is 1. The third kappa shape index (κ3) is 5.83. The van der Waals surface area contributed by atoms with E-state index in [0.717, 1.165) is 18.7 Å². The second-order valence-electron chi connectivity index (χ2n) is 8.66. The fourth-order valence-electron chi connectivity index (χ4n) is 4.10. The average molecular weight is 528 g/mol. The SMILES string of the molecule is CCOc1ccccc1N(Cc1ccc(Cl)cc1)S(=O)(=O)c1cccc(C(=O)N2CCN(C)CC2)c1. The fraction of sp³-hybridized carbons (Fsp3) is 0.296. The molecule has 1 saturated heterocycles. The lowest BCUT2D eigenvalue weighted by molar-refractivity contribution is 0.0664. The molecule has 7 nitrogen and oxygen atoms in total. The number of nitrogens with zero attached hydrogens (tertiary/aromatic N) is 3. The molecular formula is C27H30ClN3O4S. The van der Waals surface area contributed by atoms with E-state index < -0.39 is 10.0 Å². The maximum Gasteiger partial charge on any atom is 0.264 e. The van der Waals surface area contributed by atoms with Crippen LogP contribution in [0.15, 0.2) is 77.7 Å². The molecule has 1 aliphatic heterocycles. The molecule has 1 heterocycles. The van der Waals surface area contributed by atoms with Crippen LogP contribution in [0.4, 0.5) is 5.69 Å². The maximum absolute atomic E-state index is 14.1. The Morgan fingerprint density at radius 2 is 1.67 bits per heavy atom. The van der Waals surface area contributed by atoms with Gasteiger partial charge >= 0.3 is 0 Å². The highest BCUT2D eigenvalue weighted by Gasteiger charge is 2.29. The number of rotatable bonds is 8. The monoisotopic (exact) mass is 527 g/mol. The number of hydrogen-bond acceptors (Lipinski definition) is 5. The molecule has 36 heavy (non-hydrogen) atoms. The first-order chi connectivity index (χ1) is 17.3. The summed E-state index contributed by atoms with van der Waals surface area (Å²) in [6.45, 7) is 5.09. The number of likely N-dealkylation sites (N-methyl/N-ethyl adjacent to an activating group) is 1. The third-order valence-electron chi connectivity index (χ3n) is 6.13. The topological polar surface area (TPSA) is 70.2 Å². The minimum Gasteiger partial charge on any atom is -0.492 e. The zero-order chi connectivity index (χ0) is 25.7. The molecule has 9 heteroatoms. The number of para-hydroxylation sites is 2. The molecular weight excluding hydrogens is 498 g/mol. The van der Waals surface area contributed by atoms with E-state index in [-0.39, 0.29) is 17.3 Å². The highest BCUT2D eigenvalue weighted by atomic mass is 35.5. The van der Waals surface area contributed by atoms with Gasteiger partial charge in [0, 0.05) is 36.8 Å². The van der Waals surface area contributed by atoms with Crippen LogP contribution in [0.1, 0.15) is 22.8 Å². The molecule has 3 aromatic rings. The Labute approximate surface area is 217 Å². The first-order valence-electron chi connectivity index (χ1n) is 11.9. The van der Waals surface area contributed by atoms with Gasteiger partial charge in [0.15, 0.2) is 0 Å². The zero-order valence-corrected chi connectivity index (χ0v) is 22.0. The Kier molecular flexibility index (Phi) is 8.18. The summed E-state index contributed by atoms with van der Waals surface area (Å²) in [6.07, 6.45) is 0. The van der Waals surface area contributed by atoms with Gasteiger partial charge in [-0.3, -0.25) is 9.10 Å². The molecule has 0 saturated carbocycles. The molecule has 0 unspecified atom stereocenters. The van der Waals surface area contributed by atoms with Crippen molar-refractivity contribution < 1.29 is 17.9 Å². The van der Waals surface area contributed by atoms with Gasteiger partial charge in [0.25, 0.3) is 15.9 Å². The van der Waals surface area contributed by atoms with E-state index in [0.29, 0.717) is 41.7 Å². The molecule has 0 aliphatic carbocycles. The van der Waals surface area contributed by atoms with Gasteiger partial charge in [-0.1, -0.05) is 41.9 Å². The van der Waals surface area contributed by atoms with E-state index in [1.807, 2.05) is 14.0 Å². The first-order valence-corrected chi connectivity index (χ1v) is 13.7. The van der Waals surface area contributed by atoms with Gasteiger partial charge in [0.1, 0.15) is 5.75 Å². The van der Waals surface area contributed by atoms with Gasteiger partial charge in [0.2, 0.25) is 0 Å². The summed E-state index contributed by atoms with van der Waals surface area (Å²) >= 11 is 6.05. The highest BCUT2D eigenvalue weighted by molar-refractivity contribution is 7.92. The van der Waals surface area contributed by atoms with Crippen LogP contribution in [0.5, 0.6) is 5.75 Å². The predicted octanol–water partition coefficient (Wildman–Crippen LogP) is 4.52. The van der Waals surface area contributed by atoms with Crippen molar-refractivity contribution in [1.82, 2.24) is 9.80 Å². The lowest BCUT2D eigenvalue weighted by Gasteiger charge is -2.32. The van der Waals surface area contributed by atoms with E-state index >= 15 is 0 Å². The van der Waals surface area contributed by atoms with Crippen molar-refractivity contribution in [2.75, 3.05) is 44.1 Å². The van der Waals surface area contributed by atoms with Crippen molar-refractivity contribution in [1.29, 1.82) is 0 Å². The zero-order valence-electron chi connectivity index (χ0n) is 20.4. The Morgan fingerprint density at radius 1 is 0.972 bits per heavy atom. The molecule has 1 amide bonds. The fourth-order valence-corrected chi connectivity index (χ4v) is 5.74. The van der Waals surface area contributed by atoms with Crippen LogP contribution in [0.2, 0.25) is 5.02 Å². The molecule has 3 aromatic carbocycles. The van der Waals surface area contributed by atoms with Crippen LogP contribution < -0.4 is 9.04 Å². The summed E-state index contributed by atoms with van der Waals surface area (Å²) in [5, 5.41) is 0.568. The largest absolute Gasteiger partial charge is 0.492 e. The molecule has 1 aliphatic rings. The van der Waals surface area contributed by atoms with Crippen molar-refractivity contribution in [3.63, 3.8) is 0 Å². The van der Waals surface area contributed by atoms with Gasteiger partial charge in [-0.2, -0.15) is 0 Å². The molecule has 0 bridgehead atoms. The smallest absolute Gasteiger partial charge is 0.264 e. The lowest BCUT2D eigenvalue weighted by atomic mass is 10.2. The highest BCUT2D eigenvalue weighted by Crippen LogP contribution is 2.34. The molecule has 1 fully saturated rings. The van der Waals surface area contributed by atoms with Crippen LogP contribution in [-0.2, 0) is 16.6 Å². The number of carbonyl (C=O) groups excluding carboxylic acids is 1. The van der Waals surface area contributed by atoms with E-state index in [4.69, 9.17) is 16.3 Å². The summed E-state index contributed by atoms with van der Waals surface area (Å²) in [4.78, 5) is 17.1.